The van der Waals surface area contributed by atoms with Crippen LogP contribution in [0.4, 0.5) is 11.4 Å². The molecule has 0 fully saturated rings. The van der Waals surface area contributed by atoms with Crippen LogP contribution in [-0.2, 0) is 4.79 Å². The lowest BCUT2D eigenvalue weighted by atomic mass is 10.2. The Hall–Kier alpha value is -1.14. The van der Waals surface area contributed by atoms with E-state index < -0.39 is 9.75 Å². The maximum absolute atomic E-state index is 11.4. The number of nitro benzene ring substituents is 1. The van der Waals surface area contributed by atoms with E-state index in [0.717, 1.165) is 0 Å². The number of nitrogens with zero attached hydrogens (tertiary/aromatic N) is 1. The summed E-state index contributed by atoms with van der Waals surface area (Å²) in [6.07, 6.45) is 0. The second-order valence-electron chi connectivity index (χ2n) is 3.03. The normalized spacial score (nSPS) is 11.9. The number of alkyl halides is 1. The van der Waals surface area contributed by atoms with Crippen molar-refractivity contribution in [3.8, 4) is 0 Å². The fourth-order valence-corrected chi connectivity index (χ4v) is 1.23. The Balaban J connectivity index is 2.99. The van der Waals surface area contributed by atoms with Crippen molar-refractivity contribution in [2.45, 2.75) is 11.8 Å². The number of hydrogen-bond donors (Lipinski definition) is 1. The molecule has 0 heterocycles. The minimum absolute atomic E-state index is 0.123. The first-order valence-electron chi connectivity index (χ1n) is 4.30. The molecule has 7 heteroatoms. The van der Waals surface area contributed by atoms with Crippen molar-refractivity contribution >= 4 is 44.8 Å². The van der Waals surface area contributed by atoms with E-state index in [-0.39, 0.29) is 22.3 Å². The Kier molecular flexibility index (Phi) is 4.26. The smallest absolute Gasteiger partial charge is 0.271 e. The number of carbonyl (C=O) groups excluding carboxylic acids is 1. The van der Waals surface area contributed by atoms with Gasteiger partial charge in [-0.1, -0.05) is 27.5 Å². The molecule has 1 aromatic rings. The summed E-state index contributed by atoms with van der Waals surface area (Å²) >= 11 is 8.88. The molecule has 0 aliphatic rings. The van der Waals surface area contributed by atoms with Crippen molar-refractivity contribution in [1.82, 2.24) is 0 Å². The number of hydrogen-bond acceptors (Lipinski definition) is 3. The predicted molar refractivity (Wildman–Crippen MR) is 65.1 cm³/mol. The summed E-state index contributed by atoms with van der Waals surface area (Å²) < 4.78 is 0. The number of non-ortho nitro benzene ring substituents is 1. The summed E-state index contributed by atoms with van der Waals surface area (Å²) in [6, 6.07) is 3.86. The second-order valence-corrected chi connectivity index (χ2v) is 4.81. The number of halogens is 2. The van der Waals surface area contributed by atoms with Crippen molar-refractivity contribution in [3.63, 3.8) is 0 Å². The molecule has 0 aromatic heterocycles. The van der Waals surface area contributed by atoms with Gasteiger partial charge in [-0.2, -0.15) is 0 Å². The third kappa shape index (κ3) is 3.18. The molecule has 1 rings (SSSR count). The van der Waals surface area contributed by atoms with Crippen molar-refractivity contribution in [1.29, 1.82) is 0 Å². The van der Waals surface area contributed by atoms with Crippen molar-refractivity contribution in [3.05, 3.63) is 33.3 Å². The van der Waals surface area contributed by atoms with Gasteiger partial charge in [-0.05, 0) is 13.0 Å². The standard InChI is InChI=1S/C9H8BrClN2O3/c1-5(10)9(14)12-8-4-6(13(15)16)2-3-7(8)11/h2-5H,1H3,(H,12,14). The first kappa shape index (κ1) is 12.9. The zero-order valence-corrected chi connectivity index (χ0v) is 10.6. The molecule has 16 heavy (non-hydrogen) atoms. The van der Waals surface area contributed by atoms with E-state index in [0.29, 0.717) is 0 Å². The third-order valence-corrected chi connectivity index (χ3v) is 2.53. The lowest BCUT2D eigenvalue weighted by Crippen LogP contribution is -2.20. The number of carbonyl (C=O) groups is 1. The molecule has 1 aromatic carbocycles. The summed E-state index contributed by atoms with van der Waals surface area (Å²) in [5.74, 6) is -0.317. The van der Waals surface area contributed by atoms with Gasteiger partial charge in [0.15, 0.2) is 0 Å². The number of nitrogens with one attached hydrogen (secondary N) is 1. The fourth-order valence-electron chi connectivity index (χ4n) is 0.955. The number of nitro groups is 1. The zero-order valence-electron chi connectivity index (χ0n) is 8.24. The summed E-state index contributed by atoms with van der Waals surface area (Å²) in [4.78, 5) is 20.9. The number of rotatable bonds is 3. The third-order valence-electron chi connectivity index (χ3n) is 1.78. The van der Waals surface area contributed by atoms with Crippen LogP contribution in [0.2, 0.25) is 5.02 Å². The molecule has 86 valence electrons. The number of anilines is 1. The van der Waals surface area contributed by atoms with Crippen LogP contribution in [0.15, 0.2) is 18.2 Å². The van der Waals surface area contributed by atoms with Crippen molar-refractivity contribution < 1.29 is 9.72 Å². The highest BCUT2D eigenvalue weighted by Gasteiger charge is 2.14. The van der Waals surface area contributed by atoms with Crippen LogP contribution in [0.1, 0.15) is 6.92 Å². The molecule has 1 unspecified atom stereocenters. The van der Waals surface area contributed by atoms with Crippen LogP contribution < -0.4 is 5.32 Å². The summed E-state index contributed by atoms with van der Waals surface area (Å²) in [7, 11) is 0. The van der Waals surface area contributed by atoms with Gasteiger partial charge < -0.3 is 5.32 Å². The lowest BCUT2D eigenvalue weighted by Gasteiger charge is -2.07. The SMILES string of the molecule is CC(Br)C(=O)Nc1cc([N+](=O)[O-])ccc1Cl. The van der Waals surface area contributed by atoms with E-state index in [1.807, 2.05) is 0 Å². The molecule has 1 N–H and O–H groups in total. The monoisotopic (exact) mass is 306 g/mol. The summed E-state index contributed by atoms with van der Waals surface area (Å²) in [5.41, 5.74) is 0.106. The van der Waals surface area contributed by atoms with Crippen LogP contribution in [-0.4, -0.2) is 15.7 Å². The van der Waals surface area contributed by atoms with E-state index in [4.69, 9.17) is 11.6 Å². The molecule has 0 spiro atoms. The molecular formula is C9H8BrClN2O3. The topological polar surface area (TPSA) is 72.2 Å². The van der Waals surface area contributed by atoms with Crippen LogP contribution >= 0.6 is 27.5 Å². The van der Waals surface area contributed by atoms with E-state index in [1.165, 1.54) is 18.2 Å². The Bertz CT molecular complexity index is 437. The van der Waals surface area contributed by atoms with E-state index in [2.05, 4.69) is 21.2 Å². The van der Waals surface area contributed by atoms with Gasteiger partial charge in [0.1, 0.15) is 0 Å². The summed E-state index contributed by atoms with van der Waals surface area (Å²) in [6.45, 7) is 1.64. The molecule has 0 saturated carbocycles. The minimum atomic E-state index is -0.552. The van der Waals surface area contributed by atoms with Gasteiger partial charge in [-0.3, -0.25) is 14.9 Å². The van der Waals surface area contributed by atoms with E-state index >= 15 is 0 Å². The average Bonchev–Trinajstić information content (AvgIpc) is 2.20. The van der Waals surface area contributed by atoms with Crippen LogP contribution in [0.25, 0.3) is 0 Å². The van der Waals surface area contributed by atoms with Crippen LogP contribution in [0, 0.1) is 10.1 Å². The maximum Gasteiger partial charge on any atom is 0.271 e. The highest BCUT2D eigenvalue weighted by Crippen LogP contribution is 2.26. The van der Waals surface area contributed by atoms with Gasteiger partial charge in [0.2, 0.25) is 5.91 Å². The Morgan fingerprint density at radius 3 is 2.75 bits per heavy atom. The molecule has 0 aliphatic carbocycles. The zero-order chi connectivity index (χ0) is 12.3. The van der Waals surface area contributed by atoms with Gasteiger partial charge in [0, 0.05) is 12.1 Å². The molecular weight excluding hydrogens is 299 g/mol. The molecule has 5 nitrogen and oxygen atoms in total. The van der Waals surface area contributed by atoms with Gasteiger partial charge in [0.25, 0.3) is 5.69 Å². The highest BCUT2D eigenvalue weighted by molar-refractivity contribution is 9.10. The largest absolute Gasteiger partial charge is 0.324 e. The predicted octanol–water partition coefficient (Wildman–Crippen LogP) is 2.97. The van der Waals surface area contributed by atoms with E-state index in [1.54, 1.807) is 6.92 Å². The Morgan fingerprint density at radius 2 is 2.25 bits per heavy atom. The average molecular weight is 308 g/mol. The van der Waals surface area contributed by atoms with Crippen LogP contribution in [0.3, 0.4) is 0 Å². The number of amides is 1. The minimum Gasteiger partial charge on any atom is -0.324 e. The van der Waals surface area contributed by atoms with Gasteiger partial charge in [-0.15, -0.1) is 0 Å². The fraction of sp³-hybridized carbons (Fsp3) is 0.222. The molecule has 0 saturated heterocycles. The van der Waals surface area contributed by atoms with Gasteiger partial charge >= 0.3 is 0 Å². The van der Waals surface area contributed by atoms with Gasteiger partial charge in [-0.25, -0.2) is 0 Å². The Labute approximate surface area is 105 Å². The highest BCUT2D eigenvalue weighted by atomic mass is 79.9. The quantitative estimate of drug-likeness (QED) is 0.530. The molecule has 0 radical (unpaired) electrons. The Morgan fingerprint density at radius 1 is 1.62 bits per heavy atom. The van der Waals surface area contributed by atoms with E-state index in [9.17, 15) is 14.9 Å². The first-order chi connectivity index (χ1) is 7.41. The second kappa shape index (κ2) is 5.27. The van der Waals surface area contributed by atoms with Crippen molar-refractivity contribution in [2.75, 3.05) is 5.32 Å². The lowest BCUT2D eigenvalue weighted by molar-refractivity contribution is -0.384. The summed E-state index contributed by atoms with van der Waals surface area (Å²) in [5, 5.41) is 13.3. The van der Waals surface area contributed by atoms with Gasteiger partial charge in [0.05, 0.1) is 20.5 Å². The molecule has 0 aliphatic heterocycles. The number of benzene rings is 1. The maximum atomic E-state index is 11.4. The first-order valence-corrected chi connectivity index (χ1v) is 5.60. The van der Waals surface area contributed by atoms with Crippen molar-refractivity contribution in [2.24, 2.45) is 0 Å². The molecule has 1 atom stereocenters. The molecule has 0 bridgehead atoms. The van der Waals surface area contributed by atoms with Crippen LogP contribution in [0.5, 0.6) is 0 Å². The molecule has 1 amide bonds.